The molecule has 1 rings (SSSR count). The Labute approximate surface area is 109 Å². The number of aliphatic hydroxyl groups excluding tert-OH is 1. The van der Waals surface area contributed by atoms with Crippen molar-refractivity contribution < 1.29 is 14.6 Å². The summed E-state index contributed by atoms with van der Waals surface area (Å²) in [4.78, 5) is 11.3. The molecule has 1 aromatic rings. The van der Waals surface area contributed by atoms with E-state index in [1.54, 1.807) is 19.1 Å². The van der Waals surface area contributed by atoms with Crippen LogP contribution in [0.1, 0.15) is 6.92 Å². The van der Waals surface area contributed by atoms with Crippen molar-refractivity contribution in [2.75, 3.05) is 13.2 Å². The minimum atomic E-state index is -0.585. The molecular weight excluding hydrogens is 265 g/mol. The second-order valence-corrected chi connectivity index (χ2v) is 4.36. The smallest absolute Gasteiger partial charge is 0.258 e. The molecule has 0 unspecified atom stereocenters. The lowest BCUT2D eigenvalue weighted by Gasteiger charge is -2.09. The maximum atomic E-state index is 11.3. The topological polar surface area (TPSA) is 58.6 Å². The lowest BCUT2D eigenvalue weighted by molar-refractivity contribution is -0.123. The molecule has 0 bridgehead atoms. The van der Waals surface area contributed by atoms with E-state index in [0.29, 0.717) is 15.8 Å². The second kappa shape index (κ2) is 6.69. The Kier molecular flexibility index (Phi) is 5.55. The van der Waals surface area contributed by atoms with Crippen LogP contribution in [0.15, 0.2) is 18.2 Å². The van der Waals surface area contributed by atoms with Crippen LogP contribution in [0.4, 0.5) is 0 Å². The molecule has 0 aromatic heterocycles. The summed E-state index contributed by atoms with van der Waals surface area (Å²) >= 11 is 11.6. The first kappa shape index (κ1) is 14.1. The highest BCUT2D eigenvalue weighted by Crippen LogP contribution is 2.27. The lowest BCUT2D eigenvalue weighted by Crippen LogP contribution is -2.34. The predicted molar refractivity (Wildman–Crippen MR) is 66.6 cm³/mol. The van der Waals surface area contributed by atoms with Crippen LogP contribution in [-0.2, 0) is 4.79 Å². The van der Waals surface area contributed by atoms with E-state index in [4.69, 9.17) is 33.0 Å². The van der Waals surface area contributed by atoms with Gasteiger partial charge in [-0.2, -0.15) is 0 Å². The Hall–Kier alpha value is -0.970. The lowest BCUT2D eigenvalue weighted by atomic mass is 10.3. The minimum Gasteiger partial charge on any atom is -0.482 e. The first-order chi connectivity index (χ1) is 7.99. The van der Waals surface area contributed by atoms with Crippen LogP contribution in [0, 0.1) is 0 Å². The molecular formula is C11H13Cl2NO3. The van der Waals surface area contributed by atoms with E-state index in [1.165, 1.54) is 6.07 Å². The molecule has 1 atom stereocenters. The number of ether oxygens (including phenoxy) is 1. The molecule has 0 aliphatic heterocycles. The van der Waals surface area contributed by atoms with Crippen molar-refractivity contribution in [2.24, 2.45) is 0 Å². The van der Waals surface area contributed by atoms with Gasteiger partial charge in [0.05, 0.1) is 11.1 Å². The van der Waals surface area contributed by atoms with Gasteiger partial charge < -0.3 is 15.2 Å². The Morgan fingerprint density at radius 3 is 2.82 bits per heavy atom. The summed E-state index contributed by atoms with van der Waals surface area (Å²) < 4.78 is 5.20. The third kappa shape index (κ3) is 5.26. The molecule has 17 heavy (non-hydrogen) atoms. The quantitative estimate of drug-likeness (QED) is 0.864. The number of carbonyl (C=O) groups is 1. The van der Waals surface area contributed by atoms with E-state index in [2.05, 4.69) is 5.32 Å². The molecule has 0 saturated heterocycles. The molecule has 2 N–H and O–H groups in total. The fraction of sp³-hybridized carbons (Fsp3) is 0.364. The number of rotatable bonds is 5. The van der Waals surface area contributed by atoms with E-state index < -0.39 is 6.10 Å². The Balaban J connectivity index is 2.42. The molecule has 1 aromatic carbocycles. The third-order valence-electron chi connectivity index (χ3n) is 1.85. The standard InChI is InChI=1S/C11H13Cl2NO3/c1-7(15)5-14-11(16)6-17-10-3-2-8(12)4-9(10)13/h2-4,7,15H,5-6H2,1H3,(H,14,16)/t7-/m0/s1. The first-order valence-corrected chi connectivity index (χ1v) is 5.77. The SMILES string of the molecule is C[C@H](O)CNC(=O)COc1ccc(Cl)cc1Cl. The van der Waals surface area contributed by atoms with Gasteiger partial charge in [0, 0.05) is 11.6 Å². The Morgan fingerprint density at radius 1 is 1.53 bits per heavy atom. The van der Waals surface area contributed by atoms with Gasteiger partial charge in [0.15, 0.2) is 6.61 Å². The highest BCUT2D eigenvalue weighted by atomic mass is 35.5. The van der Waals surface area contributed by atoms with Gasteiger partial charge in [0.1, 0.15) is 5.75 Å². The van der Waals surface area contributed by atoms with Crippen molar-refractivity contribution in [3.05, 3.63) is 28.2 Å². The average Bonchev–Trinajstić information content (AvgIpc) is 2.25. The van der Waals surface area contributed by atoms with Crippen molar-refractivity contribution in [1.82, 2.24) is 5.32 Å². The van der Waals surface area contributed by atoms with E-state index in [1.807, 2.05) is 0 Å². The molecule has 0 saturated carbocycles. The molecule has 94 valence electrons. The summed E-state index contributed by atoms with van der Waals surface area (Å²) in [6, 6.07) is 4.75. The molecule has 0 fully saturated rings. The van der Waals surface area contributed by atoms with Crippen LogP contribution in [0.25, 0.3) is 0 Å². The van der Waals surface area contributed by atoms with Gasteiger partial charge in [-0.1, -0.05) is 23.2 Å². The van der Waals surface area contributed by atoms with Crippen LogP contribution < -0.4 is 10.1 Å². The van der Waals surface area contributed by atoms with Crippen LogP contribution in [-0.4, -0.2) is 30.3 Å². The molecule has 4 nitrogen and oxygen atoms in total. The van der Waals surface area contributed by atoms with Gasteiger partial charge in [0.25, 0.3) is 5.91 Å². The monoisotopic (exact) mass is 277 g/mol. The van der Waals surface area contributed by atoms with Crippen LogP contribution in [0.2, 0.25) is 10.0 Å². The third-order valence-corrected chi connectivity index (χ3v) is 2.38. The van der Waals surface area contributed by atoms with Crippen LogP contribution in [0.3, 0.4) is 0 Å². The number of halogens is 2. The summed E-state index contributed by atoms with van der Waals surface area (Å²) in [6.07, 6.45) is -0.585. The summed E-state index contributed by atoms with van der Waals surface area (Å²) in [7, 11) is 0. The molecule has 1 amide bonds. The number of benzene rings is 1. The van der Waals surface area contributed by atoms with E-state index in [-0.39, 0.29) is 19.1 Å². The van der Waals surface area contributed by atoms with Crippen molar-refractivity contribution in [2.45, 2.75) is 13.0 Å². The zero-order chi connectivity index (χ0) is 12.8. The fourth-order valence-corrected chi connectivity index (χ4v) is 1.51. The average molecular weight is 278 g/mol. The van der Waals surface area contributed by atoms with Crippen molar-refractivity contribution in [3.8, 4) is 5.75 Å². The second-order valence-electron chi connectivity index (χ2n) is 3.52. The van der Waals surface area contributed by atoms with Gasteiger partial charge in [-0.15, -0.1) is 0 Å². The maximum Gasteiger partial charge on any atom is 0.258 e. The number of carbonyl (C=O) groups excluding carboxylic acids is 1. The number of amides is 1. The zero-order valence-corrected chi connectivity index (χ0v) is 10.8. The number of hydrogen-bond acceptors (Lipinski definition) is 3. The molecule has 0 heterocycles. The van der Waals surface area contributed by atoms with Gasteiger partial charge >= 0.3 is 0 Å². The van der Waals surface area contributed by atoms with E-state index in [0.717, 1.165) is 0 Å². The Bertz CT molecular complexity index is 396. The zero-order valence-electron chi connectivity index (χ0n) is 9.24. The van der Waals surface area contributed by atoms with Crippen LogP contribution >= 0.6 is 23.2 Å². The van der Waals surface area contributed by atoms with Crippen LogP contribution in [0.5, 0.6) is 5.75 Å². The number of hydrogen-bond donors (Lipinski definition) is 2. The minimum absolute atomic E-state index is 0.159. The molecule has 6 heteroatoms. The largest absolute Gasteiger partial charge is 0.482 e. The molecule has 0 aliphatic carbocycles. The molecule has 0 spiro atoms. The summed E-state index contributed by atoms with van der Waals surface area (Å²) in [6.45, 7) is 1.61. The van der Waals surface area contributed by atoms with E-state index >= 15 is 0 Å². The highest BCUT2D eigenvalue weighted by molar-refractivity contribution is 6.35. The number of aliphatic hydroxyl groups is 1. The van der Waals surface area contributed by atoms with Crippen molar-refractivity contribution in [1.29, 1.82) is 0 Å². The van der Waals surface area contributed by atoms with E-state index in [9.17, 15) is 4.79 Å². The summed E-state index contributed by atoms with van der Waals surface area (Å²) in [5, 5.41) is 12.3. The van der Waals surface area contributed by atoms with Crippen molar-refractivity contribution in [3.63, 3.8) is 0 Å². The first-order valence-electron chi connectivity index (χ1n) is 5.01. The fourth-order valence-electron chi connectivity index (χ4n) is 1.05. The Morgan fingerprint density at radius 2 is 2.24 bits per heavy atom. The molecule has 0 aliphatic rings. The summed E-state index contributed by atoms with van der Waals surface area (Å²) in [5.74, 6) is 0.0696. The number of nitrogens with one attached hydrogen (secondary N) is 1. The predicted octanol–water partition coefficient (Wildman–Crippen LogP) is 1.87. The van der Waals surface area contributed by atoms with Gasteiger partial charge in [-0.3, -0.25) is 4.79 Å². The van der Waals surface area contributed by atoms with Gasteiger partial charge in [-0.25, -0.2) is 0 Å². The van der Waals surface area contributed by atoms with Gasteiger partial charge in [-0.05, 0) is 25.1 Å². The summed E-state index contributed by atoms with van der Waals surface area (Å²) in [5.41, 5.74) is 0. The molecule has 0 radical (unpaired) electrons. The van der Waals surface area contributed by atoms with Gasteiger partial charge in [0.2, 0.25) is 0 Å². The van der Waals surface area contributed by atoms with Crippen molar-refractivity contribution >= 4 is 29.1 Å². The normalized spacial score (nSPS) is 12.0. The highest BCUT2D eigenvalue weighted by Gasteiger charge is 2.06. The maximum absolute atomic E-state index is 11.3.